The first-order valence-corrected chi connectivity index (χ1v) is 21.2. The molecule has 0 spiro atoms. The Morgan fingerprint density at radius 3 is 1.14 bits per heavy atom. The van der Waals surface area contributed by atoms with E-state index in [0.717, 1.165) is 71.0 Å². The molecule has 0 unspecified atom stereocenters. The number of aromatic carboxylic acids is 1. The summed E-state index contributed by atoms with van der Waals surface area (Å²) in [6.45, 7) is 22.2. The molecule has 3 aromatic carbocycles. The molecule has 6 N–H and O–H groups in total. The summed E-state index contributed by atoms with van der Waals surface area (Å²) in [5.41, 5.74) is 7.79. The fourth-order valence-corrected chi connectivity index (χ4v) is 6.02. The largest absolute Gasteiger partial charge is 0.478 e. The number of nitrogens with one attached hydrogen (secondary N) is 3. The first-order valence-electron chi connectivity index (χ1n) is 21.2. The minimum Gasteiger partial charge on any atom is -0.478 e. The van der Waals surface area contributed by atoms with Crippen LogP contribution in [0.4, 0.5) is 26.7 Å². The first-order chi connectivity index (χ1) is 29.6. The van der Waals surface area contributed by atoms with E-state index in [1.807, 2.05) is 30.6 Å². The summed E-state index contributed by atoms with van der Waals surface area (Å²) in [6.07, 6.45) is -1.07. The fourth-order valence-electron chi connectivity index (χ4n) is 6.02. The quantitative estimate of drug-likeness (QED) is 0.157. The van der Waals surface area contributed by atoms with Crippen molar-refractivity contribution in [3.63, 3.8) is 0 Å². The SMILES string of the molecule is C.CC(C)(C)OC(=O)Nc1ccc(C(=O)O)cc1.CN1CCN(C(=O)c2ccc(N)cc2)CC1.CN1CCN(C(=O)c2ccc(NC(=O)OC(C)(C)C)cc2)CC1.CN1CCNCC1.[B]. The van der Waals surface area contributed by atoms with Gasteiger partial charge >= 0.3 is 18.2 Å². The van der Waals surface area contributed by atoms with Crippen LogP contribution in [-0.2, 0) is 9.47 Å². The Morgan fingerprint density at radius 2 is 0.846 bits per heavy atom. The van der Waals surface area contributed by atoms with Crippen molar-refractivity contribution >= 4 is 55.4 Å². The van der Waals surface area contributed by atoms with Gasteiger partial charge in [0.25, 0.3) is 11.8 Å². The Bertz CT molecular complexity index is 1900. The summed E-state index contributed by atoms with van der Waals surface area (Å²) in [6, 6.07) is 19.8. The summed E-state index contributed by atoms with van der Waals surface area (Å²) in [7, 11) is 6.28. The molecular formula is C47H73BN9O8. The molecule has 3 aromatic rings. The first kappa shape index (κ1) is 57.3. The number of carboxylic acids is 1. The van der Waals surface area contributed by atoms with Crippen LogP contribution < -0.4 is 21.7 Å². The second-order valence-electron chi connectivity index (χ2n) is 17.6. The van der Waals surface area contributed by atoms with Crippen molar-refractivity contribution in [2.24, 2.45) is 0 Å². The monoisotopic (exact) mass is 903 g/mol. The molecule has 3 heterocycles. The predicted octanol–water partition coefficient (Wildman–Crippen LogP) is 5.59. The molecule has 0 atom stereocenters. The average molecular weight is 903 g/mol. The molecular weight excluding hydrogens is 829 g/mol. The Balaban J connectivity index is 0.000000453. The zero-order chi connectivity index (χ0) is 46.7. The van der Waals surface area contributed by atoms with Gasteiger partial charge in [-0.2, -0.15) is 0 Å². The number of piperazine rings is 3. The Kier molecular flexibility index (Phi) is 24.3. The highest BCUT2D eigenvalue weighted by molar-refractivity contribution is 5.96. The third kappa shape index (κ3) is 22.7. The van der Waals surface area contributed by atoms with Crippen molar-refractivity contribution in [3.05, 3.63) is 89.5 Å². The minimum atomic E-state index is -1.01. The number of carbonyl (C=O) groups is 5. The minimum absolute atomic E-state index is 0. The fraction of sp³-hybridized carbons (Fsp3) is 0.511. The molecule has 0 saturated carbocycles. The van der Waals surface area contributed by atoms with E-state index in [9.17, 15) is 24.0 Å². The van der Waals surface area contributed by atoms with E-state index in [1.54, 1.807) is 69.3 Å². The molecule has 3 aliphatic heterocycles. The third-order valence-corrected chi connectivity index (χ3v) is 9.63. The standard InChI is InChI=1S/C17H25N3O3.C12H17N3O.C12H15NO4.C5H12N2.CH4.B/c1-17(2,3)23-16(22)18-14-7-5-13(6-8-14)15(21)20-11-9-19(4)10-12-20;1-14-6-8-15(9-7-14)12(16)10-2-4-11(13)5-3-10;1-12(2,3)17-11(16)13-9-6-4-8(5-7-9)10(14)15;1-7-4-2-6-3-5-7;;/h5-8H,9-12H2,1-4H3,(H,18,22);2-5H,6-9,13H2,1H3;4-7H,1-3H3,(H,13,16)(H,14,15);6H,2-5H2,1H3;1H4;. The molecule has 3 radical (unpaired) electrons. The number of rotatable bonds is 5. The van der Waals surface area contributed by atoms with Crippen molar-refractivity contribution in [1.29, 1.82) is 0 Å². The lowest BCUT2D eigenvalue weighted by Gasteiger charge is -2.32. The zero-order valence-electron chi connectivity index (χ0n) is 39.1. The van der Waals surface area contributed by atoms with E-state index in [0.29, 0.717) is 22.6 Å². The second-order valence-corrected chi connectivity index (χ2v) is 17.6. The number of nitrogen functional groups attached to an aromatic ring is 1. The molecule has 4 amide bonds. The van der Waals surface area contributed by atoms with Crippen molar-refractivity contribution in [1.82, 2.24) is 29.8 Å². The van der Waals surface area contributed by atoms with E-state index < -0.39 is 29.4 Å². The van der Waals surface area contributed by atoms with E-state index in [4.69, 9.17) is 20.3 Å². The van der Waals surface area contributed by atoms with Crippen molar-refractivity contribution in [2.75, 3.05) is 116 Å². The van der Waals surface area contributed by atoms with E-state index >= 15 is 0 Å². The average Bonchev–Trinajstić information content (AvgIpc) is 3.21. The Hall–Kier alpha value is -5.69. The normalized spacial score (nSPS) is 15.5. The number of hydrogen-bond donors (Lipinski definition) is 5. The lowest BCUT2D eigenvalue weighted by atomic mass is 10.1. The van der Waals surface area contributed by atoms with E-state index in [-0.39, 0.29) is 33.2 Å². The molecule has 0 aliphatic carbocycles. The number of hydrogen-bond acceptors (Lipinski definition) is 12. The van der Waals surface area contributed by atoms with Crippen LogP contribution in [0.3, 0.4) is 0 Å². The number of benzene rings is 3. The predicted molar refractivity (Wildman–Crippen MR) is 260 cm³/mol. The van der Waals surface area contributed by atoms with Gasteiger partial charge in [-0.25, -0.2) is 14.4 Å². The summed E-state index contributed by atoms with van der Waals surface area (Å²) in [5, 5.41) is 17.1. The zero-order valence-corrected chi connectivity index (χ0v) is 39.1. The molecule has 3 fully saturated rings. The molecule has 65 heavy (non-hydrogen) atoms. The summed E-state index contributed by atoms with van der Waals surface area (Å²) >= 11 is 0. The number of amides is 4. The highest BCUT2D eigenvalue weighted by Gasteiger charge is 2.22. The number of nitrogens with two attached hydrogens (primary N) is 1. The molecule has 6 rings (SSSR count). The lowest BCUT2D eigenvalue weighted by Crippen LogP contribution is -2.47. The number of anilines is 3. The highest BCUT2D eigenvalue weighted by Crippen LogP contribution is 2.16. The molecule has 357 valence electrons. The number of carboxylic acid groups (broad SMARTS) is 1. The smallest absolute Gasteiger partial charge is 0.412 e. The van der Waals surface area contributed by atoms with Gasteiger partial charge in [-0.3, -0.25) is 20.2 Å². The van der Waals surface area contributed by atoms with Crippen molar-refractivity contribution in [3.8, 4) is 0 Å². The molecule has 17 nitrogen and oxygen atoms in total. The van der Waals surface area contributed by atoms with Crippen LogP contribution in [0.5, 0.6) is 0 Å². The molecule has 18 heteroatoms. The second kappa shape index (κ2) is 27.6. The Morgan fingerprint density at radius 1 is 0.538 bits per heavy atom. The maximum atomic E-state index is 12.4. The van der Waals surface area contributed by atoms with Gasteiger partial charge in [-0.1, -0.05) is 7.43 Å². The van der Waals surface area contributed by atoms with Gasteiger partial charge in [0.2, 0.25) is 0 Å². The van der Waals surface area contributed by atoms with Crippen LogP contribution in [0.1, 0.15) is 80.0 Å². The van der Waals surface area contributed by atoms with Gasteiger partial charge in [0.15, 0.2) is 0 Å². The number of ether oxygens (including phenoxy) is 2. The van der Waals surface area contributed by atoms with Gasteiger partial charge in [-0.05, 0) is 135 Å². The highest BCUT2D eigenvalue weighted by atomic mass is 16.6. The van der Waals surface area contributed by atoms with Crippen LogP contribution in [-0.4, -0.2) is 179 Å². The maximum absolute atomic E-state index is 12.4. The van der Waals surface area contributed by atoms with Gasteiger partial charge in [0.05, 0.1) is 5.56 Å². The lowest BCUT2D eigenvalue weighted by molar-refractivity contribution is 0.0624. The molecule has 0 aromatic heterocycles. The van der Waals surface area contributed by atoms with Crippen LogP contribution >= 0.6 is 0 Å². The summed E-state index contributed by atoms with van der Waals surface area (Å²) in [5.74, 6) is -0.871. The van der Waals surface area contributed by atoms with Crippen LogP contribution in [0, 0.1) is 0 Å². The third-order valence-electron chi connectivity index (χ3n) is 9.63. The molecule has 3 aliphatic rings. The van der Waals surface area contributed by atoms with Crippen LogP contribution in [0.25, 0.3) is 0 Å². The number of carbonyl (C=O) groups excluding carboxylic acids is 4. The van der Waals surface area contributed by atoms with E-state index in [1.165, 1.54) is 37.4 Å². The van der Waals surface area contributed by atoms with Crippen LogP contribution in [0.2, 0.25) is 0 Å². The maximum Gasteiger partial charge on any atom is 0.412 e. The Labute approximate surface area is 388 Å². The van der Waals surface area contributed by atoms with Gasteiger partial charge in [0, 0.05) is 115 Å². The summed E-state index contributed by atoms with van der Waals surface area (Å²) < 4.78 is 10.2. The molecule has 0 bridgehead atoms. The van der Waals surface area contributed by atoms with Gasteiger partial charge in [-0.15, -0.1) is 0 Å². The number of likely N-dealkylation sites (N-methyl/N-ethyl adjacent to an activating group) is 3. The number of nitrogens with zero attached hydrogens (tertiary/aromatic N) is 5. The molecule has 3 saturated heterocycles. The van der Waals surface area contributed by atoms with Crippen LogP contribution in [0.15, 0.2) is 72.8 Å². The van der Waals surface area contributed by atoms with Crippen molar-refractivity contribution in [2.45, 2.75) is 60.2 Å². The van der Waals surface area contributed by atoms with Crippen molar-refractivity contribution < 1.29 is 38.6 Å². The van der Waals surface area contributed by atoms with Gasteiger partial charge in [0.1, 0.15) is 11.2 Å². The van der Waals surface area contributed by atoms with Gasteiger partial charge < -0.3 is 50.1 Å². The van der Waals surface area contributed by atoms with E-state index in [2.05, 4.69) is 51.8 Å². The topological polar surface area (TPSA) is 202 Å². The summed E-state index contributed by atoms with van der Waals surface area (Å²) in [4.78, 5) is 68.7.